The number of carbonyl (C=O) groups is 1. The Bertz CT molecular complexity index is 1400. The summed E-state index contributed by atoms with van der Waals surface area (Å²) in [5.74, 6) is 0.722. The van der Waals surface area contributed by atoms with Gasteiger partial charge in [-0.3, -0.25) is 9.69 Å². The van der Waals surface area contributed by atoms with E-state index in [0.29, 0.717) is 29.0 Å². The highest BCUT2D eigenvalue weighted by molar-refractivity contribution is 9.10. The maximum Gasteiger partial charge on any atom is 0.262 e. The van der Waals surface area contributed by atoms with E-state index >= 15 is 0 Å². The van der Waals surface area contributed by atoms with Crippen molar-refractivity contribution in [1.82, 2.24) is 29.3 Å². The summed E-state index contributed by atoms with van der Waals surface area (Å²) >= 11 is 3.39. The van der Waals surface area contributed by atoms with E-state index in [1.54, 1.807) is 23.1 Å². The molecule has 9 nitrogen and oxygen atoms in total. The topological polar surface area (TPSA) is 89.6 Å². The van der Waals surface area contributed by atoms with Gasteiger partial charge in [-0.05, 0) is 73.8 Å². The Hall–Kier alpha value is -3.08. The number of aromatic nitrogens is 5. The molecule has 1 aromatic carbocycles. The molecule has 6 rings (SSSR count). The van der Waals surface area contributed by atoms with Crippen LogP contribution in [0.2, 0.25) is 0 Å². The fraction of sp³-hybridized carbons (Fsp3) is 0.407. The second kappa shape index (κ2) is 10.4. The number of amides is 1. The fourth-order valence-corrected chi connectivity index (χ4v) is 5.63. The summed E-state index contributed by atoms with van der Waals surface area (Å²) in [6.07, 6.45) is 9.44. The third kappa shape index (κ3) is 5.05. The number of halogens is 1. The van der Waals surface area contributed by atoms with Gasteiger partial charge in [0.05, 0.1) is 28.7 Å². The highest BCUT2D eigenvalue weighted by atomic mass is 79.9. The van der Waals surface area contributed by atoms with Gasteiger partial charge in [0.15, 0.2) is 5.65 Å². The Labute approximate surface area is 223 Å². The van der Waals surface area contributed by atoms with E-state index in [1.807, 2.05) is 22.9 Å². The predicted octanol–water partition coefficient (Wildman–Crippen LogP) is 4.60. The van der Waals surface area contributed by atoms with Crippen molar-refractivity contribution in [2.75, 3.05) is 31.6 Å². The lowest BCUT2D eigenvalue weighted by Crippen LogP contribution is -2.45. The number of hydrogen-bond acceptors (Lipinski definition) is 6. The number of hydrogen-bond donors (Lipinski definition) is 1. The molecule has 1 unspecified atom stereocenters. The first-order valence-corrected chi connectivity index (χ1v) is 13.6. The van der Waals surface area contributed by atoms with E-state index in [1.165, 1.54) is 12.0 Å². The molecule has 5 heterocycles. The maximum atomic E-state index is 13.3. The summed E-state index contributed by atoms with van der Waals surface area (Å²) in [5, 5.41) is 12.4. The highest BCUT2D eigenvalue weighted by Gasteiger charge is 2.29. The van der Waals surface area contributed by atoms with Gasteiger partial charge in [-0.15, -0.1) is 0 Å². The zero-order chi connectivity index (χ0) is 25.4. The smallest absolute Gasteiger partial charge is 0.262 e. The third-order valence-corrected chi connectivity index (χ3v) is 7.83. The molecular weight excluding hydrogens is 534 g/mol. The summed E-state index contributed by atoms with van der Waals surface area (Å²) in [6, 6.07) is 10.7. The van der Waals surface area contributed by atoms with Gasteiger partial charge in [-0.1, -0.05) is 17.7 Å². The first kappa shape index (κ1) is 24.3. The van der Waals surface area contributed by atoms with Crippen LogP contribution in [-0.4, -0.2) is 67.5 Å². The van der Waals surface area contributed by atoms with Crippen molar-refractivity contribution < 1.29 is 9.53 Å². The molecule has 10 heteroatoms. The zero-order valence-corrected chi connectivity index (χ0v) is 22.4. The molecule has 2 aliphatic rings. The molecule has 0 aliphatic carbocycles. The Balaban J connectivity index is 1.26. The molecule has 3 aromatic heterocycles. The van der Waals surface area contributed by atoms with Crippen molar-refractivity contribution in [3.05, 3.63) is 70.2 Å². The first-order valence-electron chi connectivity index (χ1n) is 12.8. The van der Waals surface area contributed by atoms with E-state index in [0.717, 1.165) is 61.4 Å². The molecule has 0 spiro atoms. The second-order valence-corrected chi connectivity index (χ2v) is 10.9. The van der Waals surface area contributed by atoms with Crippen molar-refractivity contribution in [1.29, 1.82) is 0 Å². The minimum Gasteiger partial charge on any atom is -0.380 e. The lowest BCUT2D eigenvalue weighted by molar-refractivity contribution is 0.00870. The number of ether oxygens (including phenoxy) is 1. The van der Waals surface area contributed by atoms with Gasteiger partial charge >= 0.3 is 0 Å². The van der Waals surface area contributed by atoms with E-state index < -0.39 is 0 Å². The Kier molecular flexibility index (Phi) is 6.79. The normalized spacial score (nSPS) is 19.4. The van der Waals surface area contributed by atoms with E-state index in [4.69, 9.17) is 9.84 Å². The van der Waals surface area contributed by atoms with Crippen LogP contribution in [0, 0.1) is 6.92 Å². The number of rotatable bonds is 5. The minimum absolute atomic E-state index is 0.267. The first-order chi connectivity index (χ1) is 18.0. The number of likely N-dealkylation sites (tertiary alicyclic amines) is 1. The molecule has 4 aromatic rings. The van der Waals surface area contributed by atoms with Crippen LogP contribution in [-0.2, 0) is 4.74 Å². The van der Waals surface area contributed by atoms with E-state index in [-0.39, 0.29) is 5.91 Å². The second-order valence-electron chi connectivity index (χ2n) is 9.94. The average molecular weight is 564 g/mol. The Morgan fingerprint density at radius 3 is 2.70 bits per heavy atom. The van der Waals surface area contributed by atoms with Gasteiger partial charge in [0.1, 0.15) is 11.4 Å². The van der Waals surface area contributed by atoms with Crippen LogP contribution in [0.5, 0.6) is 0 Å². The highest BCUT2D eigenvalue weighted by Crippen LogP contribution is 2.32. The molecule has 2 saturated heterocycles. The molecule has 1 N–H and O–H groups in total. The number of nitrogens with one attached hydrogen (secondary N) is 1. The Morgan fingerprint density at radius 2 is 1.95 bits per heavy atom. The van der Waals surface area contributed by atoms with Crippen LogP contribution in [0.3, 0.4) is 0 Å². The number of fused-ring (bicyclic) bond motifs is 1. The lowest BCUT2D eigenvalue weighted by atomic mass is 9.92. The van der Waals surface area contributed by atoms with Crippen molar-refractivity contribution >= 4 is 33.3 Å². The zero-order valence-electron chi connectivity index (χ0n) is 20.8. The molecule has 2 aliphatic heterocycles. The molecule has 1 atom stereocenters. The van der Waals surface area contributed by atoms with Crippen LogP contribution < -0.4 is 5.32 Å². The number of piperidine rings is 1. The molecule has 37 heavy (non-hydrogen) atoms. The average Bonchev–Trinajstić information content (AvgIpc) is 3.54. The number of aryl methyl sites for hydroxylation is 1. The molecule has 2 fully saturated rings. The van der Waals surface area contributed by atoms with Gasteiger partial charge in [0.25, 0.3) is 5.91 Å². The van der Waals surface area contributed by atoms with Gasteiger partial charge in [-0.2, -0.15) is 10.2 Å². The quantitative estimate of drug-likeness (QED) is 0.381. The summed E-state index contributed by atoms with van der Waals surface area (Å²) in [6.45, 7) is 5.88. The molecule has 0 radical (unpaired) electrons. The van der Waals surface area contributed by atoms with E-state index in [9.17, 15) is 4.79 Å². The van der Waals surface area contributed by atoms with Gasteiger partial charge < -0.3 is 10.1 Å². The molecule has 1 amide bonds. The lowest BCUT2D eigenvalue weighted by Gasteiger charge is -2.38. The molecular formula is C27H30BrN7O2. The standard InChI is InChI=1S/C27H30BrN7O2/c1-18-4-6-21(7-5-18)35-25(31-27(36)23-15-30-34-16-20(28)14-29-26(23)34)13-24(32-35)19-8-10-33(11-9-19)22-3-2-12-37-17-22/h4-7,13-16,19,22H,2-3,8-12,17H2,1H3,(H,31,36). The van der Waals surface area contributed by atoms with Crippen LogP contribution in [0.4, 0.5) is 5.82 Å². The number of nitrogens with zero attached hydrogens (tertiary/aromatic N) is 6. The van der Waals surface area contributed by atoms with Crippen LogP contribution >= 0.6 is 15.9 Å². The summed E-state index contributed by atoms with van der Waals surface area (Å²) < 4.78 is 9.93. The van der Waals surface area contributed by atoms with E-state index in [2.05, 4.69) is 55.3 Å². The summed E-state index contributed by atoms with van der Waals surface area (Å²) in [5.41, 5.74) is 4.00. The minimum atomic E-state index is -0.267. The third-order valence-electron chi connectivity index (χ3n) is 7.42. The van der Waals surface area contributed by atoms with Crippen LogP contribution in [0.1, 0.15) is 53.2 Å². The SMILES string of the molecule is Cc1ccc(-n2nc(C3CCN(C4CCCOC4)CC3)cc2NC(=O)c2cnn3cc(Br)cnc23)cc1. The number of anilines is 1. The number of benzene rings is 1. The number of carbonyl (C=O) groups excluding carboxylic acids is 1. The largest absolute Gasteiger partial charge is 0.380 e. The van der Waals surface area contributed by atoms with Crippen molar-refractivity contribution in [2.45, 2.75) is 44.6 Å². The molecule has 0 bridgehead atoms. The molecule has 192 valence electrons. The van der Waals surface area contributed by atoms with Crippen molar-refractivity contribution in [3.63, 3.8) is 0 Å². The van der Waals surface area contributed by atoms with Crippen LogP contribution in [0.15, 0.2) is 53.4 Å². The molecule has 0 saturated carbocycles. The van der Waals surface area contributed by atoms with Crippen LogP contribution in [0.25, 0.3) is 11.3 Å². The maximum absolute atomic E-state index is 13.3. The van der Waals surface area contributed by atoms with Gasteiger partial charge in [-0.25, -0.2) is 14.2 Å². The monoisotopic (exact) mass is 563 g/mol. The summed E-state index contributed by atoms with van der Waals surface area (Å²) in [7, 11) is 0. The van der Waals surface area contributed by atoms with Crippen molar-refractivity contribution in [2.24, 2.45) is 0 Å². The van der Waals surface area contributed by atoms with Gasteiger partial charge in [0.2, 0.25) is 0 Å². The Morgan fingerprint density at radius 1 is 1.14 bits per heavy atom. The predicted molar refractivity (Wildman–Crippen MR) is 144 cm³/mol. The van der Waals surface area contributed by atoms with Gasteiger partial charge in [0, 0.05) is 37.0 Å². The van der Waals surface area contributed by atoms with Crippen molar-refractivity contribution in [3.8, 4) is 5.69 Å². The fourth-order valence-electron chi connectivity index (χ4n) is 5.34. The summed E-state index contributed by atoms with van der Waals surface area (Å²) in [4.78, 5) is 20.3.